The van der Waals surface area contributed by atoms with Crippen LogP contribution in [0.1, 0.15) is 36.8 Å². The molecule has 0 aromatic heterocycles. The monoisotopic (exact) mass is 187 g/mol. The van der Waals surface area contributed by atoms with E-state index in [9.17, 15) is 0 Å². The maximum atomic E-state index is 6.37. The molecule has 2 saturated carbocycles. The number of aryl methyl sites for hydroxylation is 1. The van der Waals surface area contributed by atoms with Crippen LogP contribution in [0.25, 0.3) is 0 Å². The third-order valence-corrected chi connectivity index (χ3v) is 4.06. The minimum Gasteiger partial charge on any atom is -0.324 e. The summed E-state index contributed by atoms with van der Waals surface area (Å²) in [6.07, 6.45) is 5.04. The second-order valence-corrected chi connectivity index (χ2v) is 5.11. The molecule has 2 aliphatic carbocycles. The van der Waals surface area contributed by atoms with Gasteiger partial charge in [0, 0.05) is 11.0 Å². The summed E-state index contributed by atoms with van der Waals surface area (Å²) in [5, 5.41) is 0. The predicted molar refractivity (Wildman–Crippen MR) is 58.2 cm³/mol. The number of hydrogen-bond acceptors (Lipinski definition) is 1. The highest BCUT2D eigenvalue weighted by atomic mass is 14.9. The molecule has 0 amide bonds. The Labute approximate surface area is 85.3 Å². The molecule has 3 rings (SSSR count). The fourth-order valence-electron chi connectivity index (χ4n) is 2.75. The Morgan fingerprint density at radius 2 is 1.86 bits per heavy atom. The van der Waals surface area contributed by atoms with E-state index in [1.165, 1.54) is 36.8 Å². The summed E-state index contributed by atoms with van der Waals surface area (Å²) in [7, 11) is 0. The van der Waals surface area contributed by atoms with E-state index >= 15 is 0 Å². The molecule has 1 aromatic carbocycles. The number of benzene rings is 1. The largest absolute Gasteiger partial charge is 0.324 e. The molecular weight excluding hydrogens is 170 g/mol. The van der Waals surface area contributed by atoms with Gasteiger partial charge in [-0.15, -0.1) is 0 Å². The standard InChI is InChI=1S/C13H17N/c1-10-3-2-4-11(9-10)12(5-6-12)13(14)7-8-13/h2-4,9H,5-8,14H2,1H3. The highest BCUT2D eigenvalue weighted by Crippen LogP contribution is 2.63. The Balaban J connectivity index is 2.02. The fourth-order valence-corrected chi connectivity index (χ4v) is 2.75. The minimum absolute atomic E-state index is 0.154. The zero-order valence-electron chi connectivity index (χ0n) is 8.72. The lowest BCUT2D eigenvalue weighted by Crippen LogP contribution is -2.37. The van der Waals surface area contributed by atoms with Gasteiger partial charge >= 0.3 is 0 Å². The molecule has 1 aromatic rings. The Kier molecular flexibility index (Phi) is 1.46. The average molecular weight is 187 g/mol. The summed E-state index contributed by atoms with van der Waals surface area (Å²) in [4.78, 5) is 0. The fraction of sp³-hybridized carbons (Fsp3) is 0.538. The number of rotatable bonds is 2. The Hall–Kier alpha value is -0.820. The van der Waals surface area contributed by atoms with Crippen LogP contribution in [0.2, 0.25) is 0 Å². The maximum absolute atomic E-state index is 6.37. The van der Waals surface area contributed by atoms with E-state index in [1.807, 2.05) is 0 Å². The van der Waals surface area contributed by atoms with Crippen LogP contribution in [0, 0.1) is 6.92 Å². The summed E-state index contributed by atoms with van der Waals surface area (Å²) in [6, 6.07) is 8.90. The normalized spacial score (nSPS) is 25.9. The molecule has 0 aliphatic heterocycles. The molecule has 14 heavy (non-hydrogen) atoms. The second-order valence-electron chi connectivity index (χ2n) is 5.11. The van der Waals surface area contributed by atoms with Crippen molar-refractivity contribution in [1.82, 2.24) is 0 Å². The first kappa shape index (κ1) is 8.49. The first-order valence-corrected chi connectivity index (χ1v) is 5.52. The van der Waals surface area contributed by atoms with E-state index in [4.69, 9.17) is 5.73 Å². The van der Waals surface area contributed by atoms with Crippen molar-refractivity contribution >= 4 is 0 Å². The topological polar surface area (TPSA) is 26.0 Å². The van der Waals surface area contributed by atoms with E-state index in [0.29, 0.717) is 5.41 Å². The summed E-state index contributed by atoms with van der Waals surface area (Å²) in [5.41, 5.74) is 9.73. The highest BCUT2D eigenvalue weighted by molar-refractivity contribution is 5.41. The van der Waals surface area contributed by atoms with Crippen molar-refractivity contribution in [3.05, 3.63) is 35.4 Å². The van der Waals surface area contributed by atoms with Gasteiger partial charge in [0.2, 0.25) is 0 Å². The van der Waals surface area contributed by atoms with Crippen molar-refractivity contribution in [2.45, 2.75) is 43.6 Å². The van der Waals surface area contributed by atoms with E-state index in [1.54, 1.807) is 0 Å². The molecule has 1 nitrogen and oxygen atoms in total. The van der Waals surface area contributed by atoms with Crippen molar-refractivity contribution < 1.29 is 0 Å². The van der Waals surface area contributed by atoms with Crippen LogP contribution in [0.4, 0.5) is 0 Å². The van der Waals surface area contributed by atoms with Gasteiger partial charge in [-0.25, -0.2) is 0 Å². The van der Waals surface area contributed by atoms with Crippen LogP contribution in [-0.4, -0.2) is 5.54 Å². The van der Waals surface area contributed by atoms with Crippen LogP contribution in [0.5, 0.6) is 0 Å². The Morgan fingerprint density at radius 1 is 1.14 bits per heavy atom. The van der Waals surface area contributed by atoms with E-state index < -0.39 is 0 Å². The molecule has 74 valence electrons. The van der Waals surface area contributed by atoms with Gasteiger partial charge in [0.25, 0.3) is 0 Å². The average Bonchev–Trinajstić information content (AvgIpc) is 2.98. The quantitative estimate of drug-likeness (QED) is 0.756. The first-order chi connectivity index (χ1) is 6.66. The van der Waals surface area contributed by atoms with Gasteiger partial charge in [-0.05, 0) is 38.2 Å². The summed E-state index contributed by atoms with van der Waals surface area (Å²) in [5.74, 6) is 0. The molecule has 2 fully saturated rings. The van der Waals surface area contributed by atoms with Gasteiger partial charge < -0.3 is 5.73 Å². The van der Waals surface area contributed by atoms with Gasteiger partial charge in [-0.1, -0.05) is 29.8 Å². The molecule has 0 spiro atoms. The zero-order valence-corrected chi connectivity index (χ0v) is 8.72. The lowest BCUT2D eigenvalue weighted by molar-refractivity contribution is 0.503. The molecule has 0 radical (unpaired) electrons. The van der Waals surface area contributed by atoms with Crippen LogP contribution in [0.3, 0.4) is 0 Å². The van der Waals surface area contributed by atoms with Crippen molar-refractivity contribution in [3.63, 3.8) is 0 Å². The van der Waals surface area contributed by atoms with E-state index in [-0.39, 0.29) is 5.54 Å². The number of nitrogens with two attached hydrogens (primary N) is 1. The van der Waals surface area contributed by atoms with Crippen molar-refractivity contribution in [3.8, 4) is 0 Å². The molecular formula is C13H17N. The van der Waals surface area contributed by atoms with E-state index in [2.05, 4.69) is 31.2 Å². The van der Waals surface area contributed by atoms with Crippen LogP contribution in [0.15, 0.2) is 24.3 Å². The lowest BCUT2D eigenvalue weighted by atomic mass is 9.85. The van der Waals surface area contributed by atoms with Gasteiger partial charge in [-0.2, -0.15) is 0 Å². The predicted octanol–water partition coefficient (Wildman–Crippen LogP) is 2.52. The van der Waals surface area contributed by atoms with Crippen molar-refractivity contribution in [1.29, 1.82) is 0 Å². The van der Waals surface area contributed by atoms with Crippen LogP contribution in [-0.2, 0) is 5.41 Å². The molecule has 0 heterocycles. The smallest absolute Gasteiger partial charge is 0.0253 e. The summed E-state index contributed by atoms with van der Waals surface area (Å²) < 4.78 is 0. The lowest BCUT2D eigenvalue weighted by Gasteiger charge is -2.23. The molecule has 0 bridgehead atoms. The first-order valence-electron chi connectivity index (χ1n) is 5.52. The summed E-state index contributed by atoms with van der Waals surface area (Å²) >= 11 is 0. The Morgan fingerprint density at radius 3 is 2.36 bits per heavy atom. The van der Waals surface area contributed by atoms with Gasteiger partial charge in [0.05, 0.1) is 0 Å². The van der Waals surface area contributed by atoms with Gasteiger partial charge in [0.1, 0.15) is 0 Å². The van der Waals surface area contributed by atoms with Crippen LogP contribution >= 0.6 is 0 Å². The third-order valence-electron chi connectivity index (χ3n) is 4.06. The molecule has 1 heteroatoms. The summed E-state index contributed by atoms with van der Waals surface area (Å²) in [6.45, 7) is 2.16. The minimum atomic E-state index is 0.154. The van der Waals surface area contributed by atoms with Crippen LogP contribution < -0.4 is 5.73 Å². The molecule has 0 unspecified atom stereocenters. The molecule has 0 atom stereocenters. The molecule has 0 saturated heterocycles. The van der Waals surface area contributed by atoms with Gasteiger partial charge in [-0.3, -0.25) is 0 Å². The Bertz CT molecular complexity index is 373. The highest BCUT2D eigenvalue weighted by Gasteiger charge is 2.63. The molecule has 2 aliphatic rings. The van der Waals surface area contributed by atoms with Crippen molar-refractivity contribution in [2.75, 3.05) is 0 Å². The van der Waals surface area contributed by atoms with Gasteiger partial charge in [0.15, 0.2) is 0 Å². The third kappa shape index (κ3) is 0.992. The second kappa shape index (κ2) is 2.40. The maximum Gasteiger partial charge on any atom is 0.0253 e. The molecule has 2 N–H and O–H groups in total. The zero-order chi connectivity index (χ0) is 9.81. The van der Waals surface area contributed by atoms with E-state index in [0.717, 1.165) is 0 Å². The SMILES string of the molecule is Cc1cccc(C2(C3(N)CC3)CC2)c1. The number of hydrogen-bond donors (Lipinski definition) is 1. The van der Waals surface area contributed by atoms with Crippen molar-refractivity contribution in [2.24, 2.45) is 5.73 Å².